The van der Waals surface area contributed by atoms with E-state index in [1.165, 1.54) is 0 Å². The smallest absolute Gasteiger partial charge is 0.267 e. The van der Waals surface area contributed by atoms with Crippen molar-refractivity contribution in [1.29, 1.82) is 0 Å². The molecule has 2 heterocycles. The summed E-state index contributed by atoms with van der Waals surface area (Å²) in [6, 6.07) is 3.50. The van der Waals surface area contributed by atoms with E-state index in [2.05, 4.69) is 15.2 Å². The third-order valence-electron chi connectivity index (χ3n) is 1.95. The fourth-order valence-electron chi connectivity index (χ4n) is 1.30. The lowest BCUT2D eigenvalue weighted by molar-refractivity contribution is 0.912. The van der Waals surface area contributed by atoms with Crippen LogP contribution < -0.4 is 5.56 Å². The van der Waals surface area contributed by atoms with Gasteiger partial charge < -0.3 is 0 Å². The van der Waals surface area contributed by atoms with E-state index in [0.29, 0.717) is 10.9 Å². The van der Waals surface area contributed by atoms with Crippen molar-refractivity contribution in [1.82, 2.24) is 15.2 Å². The molecule has 4 nitrogen and oxygen atoms in total. The monoisotopic (exact) mass is 175 g/mol. The van der Waals surface area contributed by atoms with Crippen LogP contribution in [0, 0.1) is 0 Å². The number of aromatic nitrogens is 3. The van der Waals surface area contributed by atoms with Gasteiger partial charge in [-0.2, -0.15) is 5.10 Å². The molecule has 1 N–H and O–H groups in total. The molecule has 0 radical (unpaired) electrons. The summed E-state index contributed by atoms with van der Waals surface area (Å²) in [6.45, 7) is 1.98. The van der Waals surface area contributed by atoms with E-state index < -0.39 is 0 Å². The van der Waals surface area contributed by atoms with Crippen LogP contribution in [0.1, 0.15) is 12.6 Å². The minimum Gasteiger partial charge on any atom is -0.267 e. The molecule has 4 heteroatoms. The number of fused-ring (bicyclic) bond motifs is 1. The van der Waals surface area contributed by atoms with E-state index >= 15 is 0 Å². The number of pyridine rings is 1. The van der Waals surface area contributed by atoms with Gasteiger partial charge in [-0.15, -0.1) is 0 Å². The molecule has 0 aliphatic rings. The summed E-state index contributed by atoms with van der Waals surface area (Å²) >= 11 is 0. The second-order valence-electron chi connectivity index (χ2n) is 2.75. The van der Waals surface area contributed by atoms with Gasteiger partial charge in [-0.1, -0.05) is 6.92 Å². The standard InChI is InChI=1S/C9H9N3O/c1-2-7-8-6(4-3-5-10-8)9(13)12-11-7/h3-5H,2H2,1H3,(H,12,13). The van der Waals surface area contributed by atoms with E-state index in [4.69, 9.17) is 0 Å². The molecule has 13 heavy (non-hydrogen) atoms. The van der Waals surface area contributed by atoms with E-state index in [1.807, 2.05) is 6.92 Å². The van der Waals surface area contributed by atoms with Gasteiger partial charge in [0.2, 0.25) is 0 Å². The highest BCUT2D eigenvalue weighted by Crippen LogP contribution is 2.08. The maximum atomic E-state index is 11.3. The minimum absolute atomic E-state index is 0.180. The van der Waals surface area contributed by atoms with Crippen LogP contribution in [0.15, 0.2) is 23.1 Å². The van der Waals surface area contributed by atoms with Crippen LogP contribution in [0.5, 0.6) is 0 Å². The highest BCUT2D eigenvalue weighted by molar-refractivity contribution is 5.78. The minimum atomic E-state index is -0.180. The van der Waals surface area contributed by atoms with E-state index in [-0.39, 0.29) is 5.56 Å². The zero-order valence-corrected chi connectivity index (χ0v) is 7.24. The first-order chi connectivity index (χ1) is 6.33. The Morgan fingerprint density at radius 1 is 1.54 bits per heavy atom. The van der Waals surface area contributed by atoms with Crippen LogP contribution >= 0.6 is 0 Å². The largest absolute Gasteiger partial charge is 0.273 e. The van der Waals surface area contributed by atoms with Gasteiger partial charge >= 0.3 is 0 Å². The number of nitrogens with zero attached hydrogens (tertiary/aromatic N) is 2. The van der Waals surface area contributed by atoms with Gasteiger partial charge in [-0.25, -0.2) is 5.10 Å². The van der Waals surface area contributed by atoms with Crippen LogP contribution in [0.2, 0.25) is 0 Å². The van der Waals surface area contributed by atoms with Crippen molar-refractivity contribution < 1.29 is 0 Å². The Hall–Kier alpha value is -1.71. The number of aromatic amines is 1. The van der Waals surface area contributed by atoms with Gasteiger partial charge in [-0.05, 0) is 18.6 Å². The fraction of sp³-hybridized carbons (Fsp3) is 0.222. The molecule has 0 aliphatic carbocycles. The van der Waals surface area contributed by atoms with E-state index in [0.717, 1.165) is 12.1 Å². The van der Waals surface area contributed by atoms with Gasteiger partial charge in [0, 0.05) is 6.20 Å². The number of aryl methyl sites for hydroxylation is 1. The first-order valence-corrected chi connectivity index (χ1v) is 4.15. The lowest BCUT2D eigenvalue weighted by Crippen LogP contribution is -2.11. The van der Waals surface area contributed by atoms with Crippen molar-refractivity contribution >= 4 is 10.9 Å². The molecule has 0 aromatic carbocycles. The Balaban J connectivity index is 2.93. The zero-order valence-electron chi connectivity index (χ0n) is 7.24. The molecule has 0 fully saturated rings. The lowest BCUT2D eigenvalue weighted by Gasteiger charge is -1.99. The number of H-pyrrole nitrogens is 1. The Labute approximate surface area is 74.6 Å². The van der Waals surface area contributed by atoms with Crippen LogP contribution in [-0.2, 0) is 6.42 Å². The summed E-state index contributed by atoms with van der Waals surface area (Å²) in [6.07, 6.45) is 2.44. The molecule has 0 spiro atoms. The van der Waals surface area contributed by atoms with Crippen molar-refractivity contribution in [2.45, 2.75) is 13.3 Å². The fourth-order valence-corrected chi connectivity index (χ4v) is 1.30. The molecule has 2 aromatic rings. The summed E-state index contributed by atoms with van der Waals surface area (Å²) in [5, 5.41) is 6.98. The molecule has 0 saturated heterocycles. The second-order valence-corrected chi connectivity index (χ2v) is 2.75. The summed E-state index contributed by atoms with van der Waals surface area (Å²) < 4.78 is 0. The molecular weight excluding hydrogens is 166 g/mol. The number of hydrogen-bond acceptors (Lipinski definition) is 3. The average Bonchev–Trinajstić information content (AvgIpc) is 2.19. The van der Waals surface area contributed by atoms with Crippen molar-refractivity contribution in [3.63, 3.8) is 0 Å². The van der Waals surface area contributed by atoms with Crippen molar-refractivity contribution in [2.24, 2.45) is 0 Å². The quantitative estimate of drug-likeness (QED) is 0.699. The third-order valence-corrected chi connectivity index (χ3v) is 1.95. The van der Waals surface area contributed by atoms with Gasteiger partial charge in [0.25, 0.3) is 5.56 Å². The SMILES string of the molecule is CCc1n[nH]c(=O)c2cccnc12. The highest BCUT2D eigenvalue weighted by Gasteiger charge is 2.03. The summed E-state index contributed by atoms with van der Waals surface area (Å²) in [7, 11) is 0. The Kier molecular flexibility index (Phi) is 1.81. The first kappa shape index (κ1) is 7.91. The second kappa shape index (κ2) is 2.97. The molecule has 0 aliphatic heterocycles. The topological polar surface area (TPSA) is 58.6 Å². The summed E-state index contributed by atoms with van der Waals surface area (Å²) in [4.78, 5) is 15.4. The Morgan fingerprint density at radius 2 is 2.38 bits per heavy atom. The van der Waals surface area contributed by atoms with Crippen LogP contribution in [-0.4, -0.2) is 15.2 Å². The molecular formula is C9H9N3O. The Bertz CT molecular complexity index is 489. The number of hydrogen-bond donors (Lipinski definition) is 1. The predicted molar refractivity (Wildman–Crippen MR) is 49.5 cm³/mol. The van der Waals surface area contributed by atoms with E-state index in [1.54, 1.807) is 18.3 Å². The molecule has 0 bridgehead atoms. The Morgan fingerprint density at radius 3 is 3.15 bits per heavy atom. The molecule has 0 atom stereocenters. The lowest BCUT2D eigenvalue weighted by atomic mass is 10.2. The maximum Gasteiger partial charge on any atom is 0.273 e. The number of rotatable bonds is 1. The number of nitrogens with one attached hydrogen (secondary N) is 1. The average molecular weight is 175 g/mol. The maximum absolute atomic E-state index is 11.3. The molecule has 2 rings (SSSR count). The van der Waals surface area contributed by atoms with Crippen LogP contribution in [0.3, 0.4) is 0 Å². The molecule has 0 unspecified atom stereocenters. The normalized spacial score (nSPS) is 10.5. The van der Waals surface area contributed by atoms with Gasteiger partial charge in [0.15, 0.2) is 0 Å². The molecule has 0 amide bonds. The molecule has 2 aromatic heterocycles. The molecule has 66 valence electrons. The predicted octanol–water partition coefficient (Wildman–Crippen LogP) is 0.881. The molecule has 0 saturated carbocycles. The van der Waals surface area contributed by atoms with Gasteiger partial charge in [0.05, 0.1) is 16.6 Å². The zero-order chi connectivity index (χ0) is 9.26. The van der Waals surface area contributed by atoms with Gasteiger partial charge in [-0.3, -0.25) is 9.78 Å². The van der Waals surface area contributed by atoms with Crippen molar-refractivity contribution in [2.75, 3.05) is 0 Å². The summed E-state index contributed by atoms with van der Waals surface area (Å²) in [5.41, 5.74) is 1.35. The summed E-state index contributed by atoms with van der Waals surface area (Å²) in [5.74, 6) is 0. The van der Waals surface area contributed by atoms with Crippen molar-refractivity contribution in [3.05, 3.63) is 34.4 Å². The van der Waals surface area contributed by atoms with Crippen LogP contribution in [0.25, 0.3) is 10.9 Å². The van der Waals surface area contributed by atoms with Crippen LogP contribution in [0.4, 0.5) is 0 Å². The van der Waals surface area contributed by atoms with Gasteiger partial charge in [0.1, 0.15) is 0 Å². The van der Waals surface area contributed by atoms with E-state index in [9.17, 15) is 4.79 Å². The first-order valence-electron chi connectivity index (χ1n) is 4.15. The third kappa shape index (κ3) is 1.20. The van der Waals surface area contributed by atoms with Crippen molar-refractivity contribution in [3.8, 4) is 0 Å². The highest BCUT2D eigenvalue weighted by atomic mass is 16.1.